The number of rotatable bonds is 8. The lowest BCUT2D eigenvalue weighted by Crippen LogP contribution is -2.46. The van der Waals surface area contributed by atoms with Crippen LogP contribution < -0.4 is 14.8 Å². The van der Waals surface area contributed by atoms with E-state index in [1.807, 2.05) is 6.92 Å². The zero-order chi connectivity index (χ0) is 18.3. The number of nitrogens with one attached hydrogen (secondary N) is 1. The van der Waals surface area contributed by atoms with Crippen molar-refractivity contribution in [2.75, 3.05) is 33.5 Å². The highest BCUT2D eigenvalue weighted by Gasteiger charge is 2.40. The molecular weight excluding hydrogens is 326 g/mol. The van der Waals surface area contributed by atoms with Gasteiger partial charge in [0.15, 0.2) is 0 Å². The van der Waals surface area contributed by atoms with E-state index in [9.17, 15) is 14.7 Å². The van der Waals surface area contributed by atoms with Gasteiger partial charge in [-0.15, -0.1) is 0 Å². The molecule has 2 N–H and O–H groups in total. The van der Waals surface area contributed by atoms with Gasteiger partial charge in [-0.25, -0.2) is 0 Å². The van der Waals surface area contributed by atoms with Gasteiger partial charge in [-0.2, -0.15) is 0 Å². The van der Waals surface area contributed by atoms with Crippen molar-refractivity contribution < 1.29 is 28.9 Å². The average Bonchev–Trinajstić information content (AvgIpc) is 2.64. The molecule has 0 atom stereocenters. The van der Waals surface area contributed by atoms with Gasteiger partial charge in [-0.1, -0.05) is 6.92 Å². The van der Waals surface area contributed by atoms with Crippen molar-refractivity contribution in [3.63, 3.8) is 0 Å². The van der Waals surface area contributed by atoms with E-state index in [4.69, 9.17) is 14.2 Å². The molecule has 0 saturated carbocycles. The predicted molar refractivity (Wildman–Crippen MR) is 91.2 cm³/mol. The van der Waals surface area contributed by atoms with Gasteiger partial charge >= 0.3 is 5.97 Å². The minimum Gasteiger partial charge on any atom is -0.497 e. The molecule has 1 amide bonds. The molecule has 7 heteroatoms. The summed E-state index contributed by atoms with van der Waals surface area (Å²) in [6.07, 6.45) is 1.56. The van der Waals surface area contributed by atoms with Crippen molar-refractivity contribution in [3.05, 3.63) is 23.8 Å². The van der Waals surface area contributed by atoms with Crippen LogP contribution in [0.3, 0.4) is 0 Å². The van der Waals surface area contributed by atoms with Crippen LogP contribution >= 0.6 is 0 Å². The Morgan fingerprint density at radius 3 is 2.64 bits per heavy atom. The molecular formula is C18H25NO6. The normalized spacial score (nSPS) is 16.1. The zero-order valence-corrected chi connectivity index (χ0v) is 14.7. The van der Waals surface area contributed by atoms with Crippen LogP contribution in [0.2, 0.25) is 0 Å². The van der Waals surface area contributed by atoms with E-state index < -0.39 is 11.4 Å². The first-order valence-corrected chi connectivity index (χ1v) is 8.42. The van der Waals surface area contributed by atoms with Crippen LogP contribution in [0, 0.1) is 5.41 Å². The summed E-state index contributed by atoms with van der Waals surface area (Å²) >= 11 is 0. The minimum absolute atomic E-state index is 0.0593. The number of methoxy groups -OCH3 is 1. The van der Waals surface area contributed by atoms with Gasteiger partial charge in [0.05, 0.1) is 24.7 Å². The molecule has 1 fully saturated rings. The first-order valence-electron chi connectivity index (χ1n) is 8.42. The third-order valence-corrected chi connectivity index (χ3v) is 4.39. The molecule has 25 heavy (non-hydrogen) atoms. The van der Waals surface area contributed by atoms with Gasteiger partial charge in [0, 0.05) is 25.8 Å². The van der Waals surface area contributed by atoms with Crippen LogP contribution in [0.5, 0.6) is 11.5 Å². The van der Waals surface area contributed by atoms with Crippen molar-refractivity contribution in [2.24, 2.45) is 5.41 Å². The van der Waals surface area contributed by atoms with Gasteiger partial charge in [0.2, 0.25) is 0 Å². The Hall–Kier alpha value is -2.28. The summed E-state index contributed by atoms with van der Waals surface area (Å²) in [5.74, 6) is -0.252. The Bertz CT molecular complexity index is 610. The van der Waals surface area contributed by atoms with Crippen LogP contribution in [0.4, 0.5) is 0 Å². The Balaban J connectivity index is 2.12. The maximum absolute atomic E-state index is 12.6. The standard InChI is InChI=1S/C18H25NO6/c1-3-8-25-15-11-13(23-2)4-5-14(15)16(20)19-12-18(17(21)22)6-9-24-10-7-18/h4-5,11H,3,6-10,12H2,1-2H3,(H,19,20)(H,21,22). The fraction of sp³-hybridized carbons (Fsp3) is 0.556. The molecule has 7 nitrogen and oxygen atoms in total. The molecule has 1 aromatic carbocycles. The number of aliphatic carboxylic acids is 1. The third-order valence-electron chi connectivity index (χ3n) is 4.39. The van der Waals surface area contributed by atoms with Crippen molar-refractivity contribution in [3.8, 4) is 11.5 Å². The van der Waals surface area contributed by atoms with Crippen LogP contribution in [-0.4, -0.2) is 50.5 Å². The summed E-state index contributed by atoms with van der Waals surface area (Å²) in [5, 5.41) is 12.3. The summed E-state index contributed by atoms with van der Waals surface area (Å²) in [4.78, 5) is 24.2. The second kappa shape index (κ2) is 8.71. The molecule has 138 valence electrons. The third kappa shape index (κ3) is 4.63. The highest BCUT2D eigenvalue weighted by atomic mass is 16.5. The minimum atomic E-state index is -0.981. The smallest absolute Gasteiger partial charge is 0.311 e. The maximum Gasteiger partial charge on any atom is 0.311 e. The molecule has 1 aliphatic rings. The summed E-state index contributed by atoms with van der Waals surface area (Å²) in [5.41, 5.74) is -0.619. The fourth-order valence-electron chi connectivity index (χ4n) is 2.72. The molecule has 1 saturated heterocycles. The summed E-state index contributed by atoms with van der Waals surface area (Å²) < 4.78 is 16.1. The second-order valence-electron chi connectivity index (χ2n) is 6.09. The largest absolute Gasteiger partial charge is 0.497 e. The fourth-order valence-corrected chi connectivity index (χ4v) is 2.72. The lowest BCUT2D eigenvalue weighted by Gasteiger charge is -2.33. The first-order chi connectivity index (χ1) is 12.0. The Kier molecular flexibility index (Phi) is 6.64. The topological polar surface area (TPSA) is 94.1 Å². The molecule has 1 aromatic rings. The van der Waals surface area contributed by atoms with E-state index in [2.05, 4.69) is 5.32 Å². The highest BCUT2D eigenvalue weighted by molar-refractivity contribution is 5.97. The van der Waals surface area contributed by atoms with Gasteiger partial charge in [-0.05, 0) is 31.4 Å². The second-order valence-corrected chi connectivity index (χ2v) is 6.09. The number of hydrogen-bond acceptors (Lipinski definition) is 5. The van der Waals surface area contributed by atoms with Crippen molar-refractivity contribution >= 4 is 11.9 Å². The number of carboxylic acids is 1. The molecule has 1 aliphatic heterocycles. The van der Waals surface area contributed by atoms with Crippen molar-refractivity contribution in [1.29, 1.82) is 0 Å². The lowest BCUT2D eigenvalue weighted by molar-refractivity contribution is -0.154. The predicted octanol–water partition coefficient (Wildman–Crippen LogP) is 2.10. The van der Waals surface area contributed by atoms with E-state index in [1.54, 1.807) is 25.3 Å². The lowest BCUT2D eigenvalue weighted by atomic mass is 9.80. The summed E-state index contributed by atoms with van der Waals surface area (Å²) in [7, 11) is 1.54. The molecule has 0 bridgehead atoms. The number of amides is 1. The quantitative estimate of drug-likeness (QED) is 0.745. The van der Waals surface area contributed by atoms with E-state index in [0.717, 1.165) is 6.42 Å². The molecule has 0 spiro atoms. The molecule has 0 aliphatic carbocycles. The van der Waals surface area contributed by atoms with Crippen molar-refractivity contribution in [1.82, 2.24) is 5.32 Å². The Labute approximate surface area is 147 Å². The molecule has 1 heterocycles. The number of hydrogen-bond donors (Lipinski definition) is 2. The number of carbonyl (C=O) groups excluding carboxylic acids is 1. The van der Waals surface area contributed by atoms with Gasteiger partial charge in [-0.3, -0.25) is 9.59 Å². The first kappa shape index (κ1) is 19.1. The van der Waals surface area contributed by atoms with Crippen LogP contribution in [0.25, 0.3) is 0 Å². The van der Waals surface area contributed by atoms with Gasteiger partial charge < -0.3 is 24.6 Å². The summed E-state index contributed by atoms with van der Waals surface area (Å²) in [6, 6.07) is 4.96. The van der Waals surface area contributed by atoms with E-state index in [1.165, 1.54) is 0 Å². The van der Waals surface area contributed by atoms with Gasteiger partial charge in [0.1, 0.15) is 11.5 Å². The molecule has 0 aromatic heterocycles. The maximum atomic E-state index is 12.6. The SMILES string of the molecule is CCCOc1cc(OC)ccc1C(=O)NCC1(C(=O)O)CCOCC1. The van der Waals surface area contributed by atoms with E-state index in [-0.39, 0.29) is 12.5 Å². The monoisotopic (exact) mass is 351 g/mol. The number of benzene rings is 1. The van der Waals surface area contributed by atoms with Crippen molar-refractivity contribution in [2.45, 2.75) is 26.2 Å². The van der Waals surface area contributed by atoms with E-state index >= 15 is 0 Å². The zero-order valence-electron chi connectivity index (χ0n) is 14.7. The van der Waals surface area contributed by atoms with Crippen LogP contribution in [-0.2, 0) is 9.53 Å². The Morgan fingerprint density at radius 2 is 2.04 bits per heavy atom. The number of carboxylic acid groups (broad SMARTS) is 1. The molecule has 0 unspecified atom stereocenters. The molecule has 0 radical (unpaired) electrons. The average molecular weight is 351 g/mol. The number of carbonyl (C=O) groups is 2. The Morgan fingerprint density at radius 1 is 1.32 bits per heavy atom. The summed E-state index contributed by atoms with van der Waals surface area (Å²) in [6.45, 7) is 3.28. The number of ether oxygens (including phenoxy) is 3. The highest BCUT2D eigenvalue weighted by Crippen LogP contribution is 2.31. The van der Waals surface area contributed by atoms with E-state index in [0.29, 0.717) is 49.7 Å². The van der Waals surface area contributed by atoms with Crippen LogP contribution in [0.1, 0.15) is 36.5 Å². The van der Waals surface area contributed by atoms with Gasteiger partial charge in [0.25, 0.3) is 5.91 Å². The molecule has 2 rings (SSSR count). The van der Waals surface area contributed by atoms with Crippen LogP contribution in [0.15, 0.2) is 18.2 Å².